The normalized spacial score (nSPS) is 15.7. The van der Waals surface area contributed by atoms with E-state index >= 15 is 0 Å². The van der Waals surface area contributed by atoms with Gasteiger partial charge in [-0.3, -0.25) is 18.4 Å². The lowest BCUT2D eigenvalue weighted by molar-refractivity contribution is -0.141. The van der Waals surface area contributed by atoms with E-state index in [1.807, 2.05) is 0 Å². The van der Waals surface area contributed by atoms with Crippen LogP contribution in [0.4, 0.5) is 30.2 Å². The fourth-order valence-electron chi connectivity index (χ4n) is 2.45. The molecule has 0 atom stereocenters. The Morgan fingerprint density at radius 1 is 1.08 bits per heavy atom. The van der Waals surface area contributed by atoms with E-state index in [2.05, 4.69) is 10.3 Å². The molecule has 1 amide bonds. The molecule has 1 N–H and O–H groups in total. The maximum atomic E-state index is 12.5. The van der Waals surface area contributed by atoms with Gasteiger partial charge < -0.3 is 5.32 Å². The topological polar surface area (TPSA) is 82.6 Å². The summed E-state index contributed by atoms with van der Waals surface area (Å²) in [4.78, 5) is 15.4. The number of anilines is 3. The van der Waals surface area contributed by atoms with E-state index in [1.165, 1.54) is 32.3 Å². The van der Waals surface area contributed by atoms with Gasteiger partial charge >= 0.3 is 16.4 Å². The molecule has 0 bridgehead atoms. The van der Waals surface area contributed by atoms with Gasteiger partial charge in [-0.05, 0) is 30.3 Å². The first kappa shape index (κ1) is 18.0. The summed E-state index contributed by atoms with van der Waals surface area (Å²) in [7, 11) is -0.857. The van der Waals surface area contributed by atoms with E-state index in [0.29, 0.717) is 23.1 Å². The van der Waals surface area contributed by atoms with Crippen molar-refractivity contribution in [3.8, 4) is 0 Å². The molecule has 0 saturated carbocycles. The van der Waals surface area contributed by atoms with E-state index in [-0.39, 0.29) is 5.56 Å². The summed E-state index contributed by atoms with van der Waals surface area (Å²) in [5, 5.41) is 2.51. The molecule has 1 aliphatic rings. The molecule has 1 aromatic carbocycles. The fourth-order valence-corrected chi connectivity index (χ4v) is 3.62. The number of hydrogen-bond donors (Lipinski definition) is 1. The van der Waals surface area contributed by atoms with Gasteiger partial charge in [0, 0.05) is 26.0 Å². The summed E-state index contributed by atoms with van der Waals surface area (Å²) in [6.07, 6.45) is -3.76. The van der Waals surface area contributed by atoms with Gasteiger partial charge in [-0.1, -0.05) is 0 Å². The molecule has 0 saturated heterocycles. The molecule has 11 heteroatoms. The molecule has 2 aromatic rings. The molecule has 0 unspecified atom stereocenters. The van der Waals surface area contributed by atoms with Crippen LogP contribution < -0.4 is 13.9 Å². The highest BCUT2D eigenvalue weighted by atomic mass is 32.2. The Hall–Kier alpha value is -2.82. The monoisotopic (exact) mass is 386 g/mol. The third-order valence-corrected chi connectivity index (χ3v) is 5.70. The van der Waals surface area contributed by atoms with Crippen molar-refractivity contribution in [1.82, 2.24) is 4.98 Å². The smallest absolute Gasteiger partial charge is 0.322 e. The van der Waals surface area contributed by atoms with Gasteiger partial charge in [0.05, 0.1) is 16.9 Å². The van der Waals surface area contributed by atoms with Crippen LogP contribution in [0, 0.1) is 0 Å². The van der Waals surface area contributed by atoms with Crippen molar-refractivity contribution < 1.29 is 26.4 Å². The zero-order valence-corrected chi connectivity index (χ0v) is 14.4. The van der Waals surface area contributed by atoms with Gasteiger partial charge in [0.1, 0.15) is 5.69 Å². The Kier molecular flexibility index (Phi) is 4.06. The molecule has 7 nitrogen and oxygen atoms in total. The van der Waals surface area contributed by atoms with Crippen molar-refractivity contribution in [2.75, 3.05) is 28.0 Å². The second-order valence-electron chi connectivity index (χ2n) is 5.53. The van der Waals surface area contributed by atoms with Crippen LogP contribution in [-0.4, -0.2) is 33.4 Å². The number of benzene rings is 1. The van der Waals surface area contributed by atoms with Crippen LogP contribution in [0.1, 0.15) is 16.1 Å². The Morgan fingerprint density at radius 2 is 1.73 bits per heavy atom. The van der Waals surface area contributed by atoms with E-state index in [9.17, 15) is 26.4 Å². The number of aromatic nitrogens is 1. The number of pyridine rings is 1. The molecule has 2 heterocycles. The second-order valence-corrected chi connectivity index (χ2v) is 7.52. The number of hydrogen-bond acceptors (Lipinski definition) is 4. The first-order valence-corrected chi connectivity index (χ1v) is 8.63. The highest BCUT2D eigenvalue weighted by Crippen LogP contribution is 2.40. The largest absolute Gasteiger partial charge is 0.433 e. The predicted octanol–water partition coefficient (Wildman–Crippen LogP) is 2.48. The lowest BCUT2D eigenvalue weighted by Crippen LogP contribution is -2.32. The average molecular weight is 386 g/mol. The maximum Gasteiger partial charge on any atom is 0.433 e. The number of fused-ring (bicyclic) bond motifs is 1. The Bertz CT molecular complexity index is 975. The molecule has 0 radical (unpaired) electrons. The lowest BCUT2D eigenvalue weighted by Gasteiger charge is -2.13. The number of rotatable bonds is 2. The first-order valence-electron chi connectivity index (χ1n) is 7.23. The lowest BCUT2D eigenvalue weighted by atomic mass is 10.2. The Morgan fingerprint density at radius 3 is 2.31 bits per heavy atom. The number of halogens is 3. The van der Waals surface area contributed by atoms with E-state index in [1.54, 1.807) is 0 Å². The van der Waals surface area contributed by atoms with Crippen molar-refractivity contribution in [2.45, 2.75) is 6.18 Å². The van der Waals surface area contributed by atoms with Gasteiger partial charge in [-0.15, -0.1) is 0 Å². The molecule has 26 heavy (non-hydrogen) atoms. The summed E-state index contributed by atoms with van der Waals surface area (Å²) < 4.78 is 63.9. The molecular weight excluding hydrogens is 373 g/mol. The summed E-state index contributed by atoms with van der Waals surface area (Å²) in [5.74, 6) is -0.664. The van der Waals surface area contributed by atoms with Gasteiger partial charge in [0.2, 0.25) is 0 Å². The second kappa shape index (κ2) is 5.87. The molecule has 0 fully saturated rings. The number of carbonyl (C=O) groups excluding carboxylic acids is 1. The number of amides is 1. The minimum Gasteiger partial charge on any atom is -0.322 e. The van der Waals surface area contributed by atoms with Crippen LogP contribution in [0.25, 0.3) is 0 Å². The van der Waals surface area contributed by atoms with Crippen LogP contribution in [0.3, 0.4) is 0 Å². The van der Waals surface area contributed by atoms with Crippen molar-refractivity contribution in [1.29, 1.82) is 0 Å². The van der Waals surface area contributed by atoms with Crippen LogP contribution in [0.2, 0.25) is 0 Å². The Balaban J connectivity index is 1.83. The zero-order valence-electron chi connectivity index (χ0n) is 13.6. The third-order valence-electron chi connectivity index (χ3n) is 3.92. The predicted molar refractivity (Wildman–Crippen MR) is 89.4 cm³/mol. The highest BCUT2D eigenvalue weighted by molar-refractivity contribution is 7.94. The average Bonchev–Trinajstić information content (AvgIpc) is 2.75. The maximum absolute atomic E-state index is 12.5. The third kappa shape index (κ3) is 2.94. The van der Waals surface area contributed by atoms with Gasteiger partial charge in [0.15, 0.2) is 0 Å². The minimum absolute atomic E-state index is 0.0587. The first-order chi connectivity index (χ1) is 12.0. The van der Waals surface area contributed by atoms with Crippen molar-refractivity contribution >= 4 is 33.2 Å². The van der Waals surface area contributed by atoms with Gasteiger partial charge in [-0.25, -0.2) is 0 Å². The molecule has 1 aliphatic heterocycles. The summed E-state index contributed by atoms with van der Waals surface area (Å²) in [6, 6.07) is 6.22. The van der Waals surface area contributed by atoms with Crippen molar-refractivity contribution in [3.05, 3.63) is 47.8 Å². The quantitative estimate of drug-likeness (QED) is 0.860. The van der Waals surface area contributed by atoms with E-state index < -0.39 is 28.0 Å². The Labute approximate surface area is 147 Å². The molecule has 1 aromatic heterocycles. The molecular formula is C15H13F3N4O3S. The standard InChI is InChI=1S/C15H13F3N4O3S/c1-21-11-5-4-10(7-12(11)22(2)26(21,24)25)20-14(23)9-3-6-13(19-8-9)15(16,17)18/h3-8H,1-2H3,(H,20,23). The van der Waals surface area contributed by atoms with Crippen LogP contribution in [-0.2, 0) is 16.4 Å². The van der Waals surface area contributed by atoms with E-state index in [4.69, 9.17) is 0 Å². The number of alkyl halides is 3. The summed E-state index contributed by atoms with van der Waals surface area (Å²) in [5.41, 5.74) is -0.0402. The van der Waals surface area contributed by atoms with Gasteiger partial charge in [-0.2, -0.15) is 21.6 Å². The highest BCUT2D eigenvalue weighted by Gasteiger charge is 2.35. The molecule has 0 aliphatic carbocycles. The zero-order chi connectivity index (χ0) is 19.3. The van der Waals surface area contributed by atoms with Crippen LogP contribution in [0.15, 0.2) is 36.5 Å². The molecule has 3 rings (SSSR count). The fraction of sp³-hybridized carbons (Fsp3) is 0.200. The van der Waals surface area contributed by atoms with Crippen molar-refractivity contribution in [2.24, 2.45) is 0 Å². The number of nitrogens with zero attached hydrogens (tertiary/aromatic N) is 3. The summed E-state index contributed by atoms with van der Waals surface area (Å²) in [6.45, 7) is 0. The van der Waals surface area contributed by atoms with E-state index in [0.717, 1.165) is 20.9 Å². The number of nitrogens with one attached hydrogen (secondary N) is 1. The molecule has 138 valence electrons. The molecule has 0 spiro atoms. The SMILES string of the molecule is CN1c2ccc(NC(=O)c3ccc(C(F)(F)F)nc3)cc2N(C)S1(=O)=O. The number of carbonyl (C=O) groups is 1. The van der Waals surface area contributed by atoms with Crippen LogP contribution >= 0.6 is 0 Å². The summed E-state index contributed by atoms with van der Waals surface area (Å²) >= 11 is 0. The van der Waals surface area contributed by atoms with Crippen molar-refractivity contribution in [3.63, 3.8) is 0 Å². The van der Waals surface area contributed by atoms with Gasteiger partial charge in [0.25, 0.3) is 5.91 Å². The minimum atomic E-state index is -4.59. The van der Waals surface area contributed by atoms with Crippen LogP contribution in [0.5, 0.6) is 0 Å².